The second kappa shape index (κ2) is 8.79. The van der Waals surface area contributed by atoms with Gasteiger partial charge in [-0.2, -0.15) is 0 Å². The molecule has 5 rings (SSSR count). The average Bonchev–Trinajstić information content (AvgIpc) is 3.51. The van der Waals surface area contributed by atoms with Crippen molar-refractivity contribution in [2.75, 3.05) is 13.1 Å². The summed E-state index contributed by atoms with van der Waals surface area (Å²) in [5.41, 5.74) is 2.05. The van der Waals surface area contributed by atoms with E-state index in [1.165, 1.54) is 0 Å². The molecule has 0 aliphatic heterocycles. The van der Waals surface area contributed by atoms with Gasteiger partial charge in [0.25, 0.3) is 6.43 Å². The van der Waals surface area contributed by atoms with Crippen molar-refractivity contribution in [2.45, 2.75) is 70.6 Å². The van der Waals surface area contributed by atoms with Crippen molar-refractivity contribution in [3.8, 4) is 0 Å². The number of carbonyl (C=O) groups excluding carboxylic acids is 1. The monoisotopic (exact) mass is 474 g/mol. The van der Waals surface area contributed by atoms with Crippen LogP contribution < -0.4 is 10.6 Å². The molecule has 2 aliphatic rings. The number of hydrogen-bond donors (Lipinski definition) is 3. The van der Waals surface area contributed by atoms with Gasteiger partial charge in [-0.15, -0.1) is 0 Å². The van der Waals surface area contributed by atoms with Crippen LogP contribution in [0.15, 0.2) is 18.5 Å². The minimum Gasteiger partial charge on any atom is -0.444 e. The van der Waals surface area contributed by atoms with E-state index in [-0.39, 0.29) is 24.5 Å². The maximum absolute atomic E-state index is 12.9. The number of pyridine rings is 1. The number of imidazole rings is 1. The molecule has 2 aliphatic carbocycles. The standard InChI is InChI=1S/C24H32F2N6O2/c1-24(2,3)34-23(33)28-7-5-20-31-17-11-30-22-14(4-6-27-22)21(17)32(20)18-10-13-8-15(18)16(9-13)29-12-19(25)26/h4,6,11,13,15-16,18-19,29H,5,7-10,12H2,1-3H3,(H,27,30)(H,28,33)/t13-,15+,16-,18-/m1/s1. The van der Waals surface area contributed by atoms with Crippen LogP contribution in [0.5, 0.6) is 0 Å². The van der Waals surface area contributed by atoms with Crippen LogP contribution in [0.2, 0.25) is 0 Å². The van der Waals surface area contributed by atoms with E-state index in [0.717, 1.165) is 47.2 Å². The first kappa shape index (κ1) is 23.0. The second-order valence-electron chi connectivity index (χ2n) is 10.5. The molecule has 3 N–H and O–H groups in total. The molecule has 4 atom stereocenters. The molecule has 0 unspecified atom stereocenters. The summed E-state index contributed by atoms with van der Waals surface area (Å²) in [5.74, 6) is 1.64. The van der Waals surface area contributed by atoms with Gasteiger partial charge in [0.1, 0.15) is 22.6 Å². The van der Waals surface area contributed by atoms with Gasteiger partial charge in [0.05, 0.1) is 18.3 Å². The van der Waals surface area contributed by atoms with Crippen LogP contribution in [0.4, 0.5) is 13.6 Å². The lowest BCUT2D eigenvalue weighted by atomic mass is 9.90. The van der Waals surface area contributed by atoms with Gasteiger partial charge in [-0.25, -0.2) is 23.5 Å². The molecule has 0 spiro atoms. The molecule has 184 valence electrons. The topological polar surface area (TPSA) is 96.9 Å². The van der Waals surface area contributed by atoms with E-state index in [9.17, 15) is 13.6 Å². The van der Waals surface area contributed by atoms with E-state index >= 15 is 0 Å². The summed E-state index contributed by atoms with van der Waals surface area (Å²) in [6.45, 7) is 5.60. The summed E-state index contributed by atoms with van der Waals surface area (Å²) >= 11 is 0. The molecule has 34 heavy (non-hydrogen) atoms. The predicted molar refractivity (Wildman–Crippen MR) is 125 cm³/mol. The van der Waals surface area contributed by atoms with Crippen molar-refractivity contribution in [1.82, 2.24) is 30.2 Å². The fraction of sp³-hybridized carbons (Fsp3) is 0.625. The number of H-pyrrole nitrogens is 1. The van der Waals surface area contributed by atoms with Crippen LogP contribution in [0.3, 0.4) is 0 Å². The summed E-state index contributed by atoms with van der Waals surface area (Å²) in [7, 11) is 0. The van der Waals surface area contributed by atoms with Crippen LogP contribution in [-0.4, -0.2) is 56.8 Å². The third-order valence-electron chi connectivity index (χ3n) is 6.97. The Morgan fingerprint density at radius 3 is 2.88 bits per heavy atom. The molecule has 0 radical (unpaired) electrons. The Morgan fingerprint density at radius 1 is 1.32 bits per heavy atom. The largest absolute Gasteiger partial charge is 0.444 e. The van der Waals surface area contributed by atoms with Crippen LogP contribution in [0.25, 0.3) is 22.1 Å². The Kier molecular flexibility index (Phi) is 5.95. The number of carbonyl (C=O) groups is 1. The van der Waals surface area contributed by atoms with Gasteiger partial charge in [-0.05, 0) is 57.9 Å². The Hall–Kier alpha value is -2.75. The highest BCUT2D eigenvalue weighted by molar-refractivity contribution is 6.01. The molecular formula is C24H32F2N6O2. The Labute approximate surface area is 196 Å². The molecule has 0 aromatic carbocycles. The molecule has 2 saturated carbocycles. The van der Waals surface area contributed by atoms with Crippen LogP contribution in [0, 0.1) is 11.8 Å². The maximum atomic E-state index is 12.9. The smallest absolute Gasteiger partial charge is 0.407 e. The molecule has 8 nitrogen and oxygen atoms in total. The lowest BCUT2D eigenvalue weighted by Crippen LogP contribution is -2.41. The summed E-state index contributed by atoms with van der Waals surface area (Å²) in [6, 6.07) is 2.24. The number of hydrogen-bond acceptors (Lipinski definition) is 5. The van der Waals surface area contributed by atoms with Crippen LogP contribution in [0.1, 0.15) is 51.9 Å². The van der Waals surface area contributed by atoms with E-state index in [0.29, 0.717) is 18.9 Å². The van der Waals surface area contributed by atoms with Crippen LogP contribution >= 0.6 is 0 Å². The third-order valence-corrected chi connectivity index (χ3v) is 6.97. The number of aromatic nitrogens is 4. The van der Waals surface area contributed by atoms with Crippen molar-refractivity contribution in [3.63, 3.8) is 0 Å². The first-order valence-corrected chi connectivity index (χ1v) is 12.0. The molecule has 3 aromatic heterocycles. The zero-order chi connectivity index (χ0) is 24.0. The van der Waals surface area contributed by atoms with Gasteiger partial charge < -0.3 is 24.9 Å². The molecule has 3 aromatic rings. The summed E-state index contributed by atoms with van der Waals surface area (Å²) < 4.78 is 33.4. The minimum absolute atomic E-state index is 0.0755. The van der Waals surface area contributed by atoms with E-state index in [2.05, 4.69) is 25.2 Å². The van der Waals surface area contributed by atoms with E-state index in [1.807, 2.05) is 33.0 Å². The highest BCUT2D eigenvalue weighted by Crippen LogP contribution is 2.52. The molecule has 2 bridgehead atoms. The number of alkyl halides is 2. The fourth-order valence-corrected chi connectivity index (χ4v) is 5.85. The number of rotatable bonds is 7. The summed E-state index contributed by atoms with van der Waals surface area (Å²) in [5, 5.41) is 6.93. The maximum Gasteiger partial charge on any atom is 0.407 e. The van der Waals surface area contributed by atoms with Gasteiger partial charge in [0.15, 0.2) is 0 Å². The zero-order valence-corrected chi connectivity index (χ0v) is 19.8. The fourth-order valence-electron chi connectivity index (χ4n) is 5.85. The second-order valence-corrected chi connectivity index (χ2v) is 10.5. The average molecular weight is 475 g/mol. The van der Waals surface area contributed by atoms with Crippen molar-refractivity contribution in [3.05, 3.63) is 24.3 Å². The molecule has 3 heterocycles. The van der Waals surface area contributed by atoms with Gasteiger partial charge in [-0.1, -0.05) is 0 Å². The lowest BCUT2D eigenvalue weighted by molar-refractivity contribution is 0.0528. The van der Waals surface area contributed by atoms with E-state index in [4.69, 9.17) is 9.72 Å². The van der Waals surface area contributed by atoms with Gasteiger partial charge in [0, 0.05) is 36.6 Å². The quantitative estimate of drug-likeness (QED) is 0.478. The molecule has 10 heteroatoms. The zero-order valence-electron chi connectivity index (χ0n) is 19.8. The Morgan fingerprint density at radius 2 is 2.15 bits per heavy atom. The molecule has 2 fully saturated rings. The first-order chi connectivity index (χ1) is 16.2. The highest BCUT2D eigenvalue weighted by atomic mass is 19.3. The summed E-state index contributed by atoms with van der Waals surface area (Å²) in [4.78, 5) is 24.7. The van der Waals surface area contributed by atoms with E-state index < -0.39 is 18.1 Å². The number of nitrogens with zero attached hydrogens (tertiary/aromatic N) is 3. The lowest BCUT2D eigenvalue weighted by Gasteiger charge is -2.32. The van der Waals surface area contributed by atoms with Crippen molar-refractivity contribution in [1.29, 1.82) is 0 Å². The molecule has 1 amide bonds. The minimum atomic E-state index is -2.35. The number of aromatic amines is 1. The number of ether oxygens (including phenoxy) is 1. The van der Waals surface area contributed by atoms with Gasteiger partial charge >= 0.3 is 6.09 Å². The van der Waals surface area contributed by atoms with Gasteiger partial charge in [0.2, 0.25) is 0 Å². The Balaban J connectivity index is 1.45. The predicted octanol–water partition coefficient (Wildman–Crippen LogP) is 4.17. The number of fused-ring (bicyclic) bond motifs is 5. The van der Waals surface area contributed by atoms with Gasteiger partial charge in [-0.3, -0.25) is 0 Å². The summed E-state index contributed by atoms with van der Waals surface area (Å²) in [6.07, 6.45) is 4.33. The number of halogens is 2. The third kappa shape index (κ3) is 4.47. The Bertz CT molecular complexity index is 1180. The number of nitrogens with one attached hydrogen (secondary N) is 3. The van der Waals surface area contributed by atoms with Crippen molar-refractivity contribution in [2.24, 2.45) is 11.8 Å². The van der Waals surface area contributed by atoms with E-state index in [1.54, 1.807) is 6.20 Å². The van der Waals surface area contributed by atoms with Crippen molar-refractivity contribution >= 4 is 28.2 Å². The molecular weight excluding hydrogens is 442 g/mol. The van der Waals surface area contributed by atoms with Crippen LogP contribution in [-0.2, 0) is 11.2 Å². The first-order valence-electron chi connectivity index (χ1n) is 12.0. The molecule has 0 saturated heterocycles. The highest BCUT2D eigenvalue weighted by Gasteiger charge is 2.47. The van der Waals surface area contributed by atoms with Crippen molar-refractivity contribution < 1.29 is 18.3 Å². The SMILES string of the molecule is CC(C)(C)OC(=O)NCCc1nc2cnc3[nH]ccc3c2n1[C@@H]1C[C@@H]2C[C@H]1[C@H](NCC(F)F)C2. The number of amides is 1. The normalized spacial score (nSPS) is 24.5. The number of alkyl carbamates (subject to hydrolysis) is 1.